The first-order valence-corrected chi connectivity index (χ1v) is 6.10. The van der Waals surface area contributed by atoms with Crippen molar-refractivity contribution in [2.24, 2.45) is 0 Å². The molecule has 0 aliphatic carbocycles. The number of carbonyl (C=O) groups excluding carboxylic acids is 1. The molecule has 2 aromatic rings. The van der Waals surface area contributed by atoms with E-state index in [1.807, 2.05) is 6.92 Å². The van der Waals surface area contributed by atoms with Crippen LogP contribution in [0, 0.1) is 6.92 Å². The van der Waals surface area contributed by atoms with Crippen molar-refractivity contribution in [3.63, 3.8) is 0 Å². The number of ketones is 1. The molecule has 1 atom stereocenters. The topological polar surface area (TPSA) is 72.4 Å². The first-order chi connectivity index (χ1) is 9.08. The Morgan fingerprint density at radius 1 is 1.42 bits per heavy atom. The second-order valence-electron chi connectivity index (χ2n) is 4.79. The van der Waals surface area contributed by atoms with Crippen LogP contribution in [0.2, 0.25) is 0 Å². The number of furan rings is 1. The molecule has 1 N–H and O–H groups in total. The van der Waals surface area contributed by atoms with Crippen molar-refractivity contribution >= 4 is 11.8 Å². The molecule has 0 amide bonds. The van der Waals surface area contributed by atoms with E-state index in [-0.39, 0.29) is 11.5 Å². The molecular weight excluding hydrogens is 246 g/mol. The van der Waals surface area contributed by atoms with Gasteiger partial charge in [0.1, 0.15) is 0 Å². The molecule has 5 heteroatoms. The maximum atomic E-state index is 12.3. The van der Waals surface area contributed by atoms with Crippen molar-refractivity contribution in [2.75, 3.05) is 0 Å². The molecule has 1 aliphatic rings. The van der Waals surface area contributed by atoms with Gasteiger partial charge in [0, 0.05) is 12.2 Å². The van der Waals surface area contributed by atoms with Crippen molar-refractivity contribution in [1.29, 1.82) is 0 Å². The van der Waals surface area contributed by atoms with Crippen molar-refractivity contribution in [1.82, 2.24) is 4.57 Å². The molecule has 1 unspecified atom stereocenters. The number of hydrogen-bond donors (Lipinski definition) is 1. The molecule has 19 heavy (non-hydrogen) atoms. The second-order valence-corrected chi connectivity index (χ2v) is 4.79. The minimum atomic E-state index is -0.843. The van der Waals surface area contributed by atoms with E-state index in [1.165, 1.54) is 6.26 Å². The van der Waals surface area contributed by atoms with Gasteiger partial charge >= 0.3 is 5.97 Å². The van der Waals surface area contributed by atoms with Gasteiger partial charge in [0.2, 0.25) is 5.78 Å². The van der Waals surface area contributed by atoms with E-state index in [4.69, 9.17) is 9.52 Å². The number of carboxylic acids is 1. The number of hydrogen-bond acceptors (Lipinski definition) is 3. The summed E-state index contributed by atoms with van der Waals surface area (Å²) in [5, 5.41) is 9.11. The predicted octanol–water partition coefficient (Wildman–Crippen LogP) is 2.19. The van der Waals surface area contributed by atoms with Crippen LogP contribution in [0.25, 0.3) is 0 Å². The number of rotatable bonds is 3. The molecule has 2 aromatic heterocycles. The number of carboxylic acid groups (broad SMARTS) is 1. The molecule has 0 radical (unpaired) electrons. The van der Waals surface area contributed by atoms with E-state index in [1.54, 1.807) is 22.8 Å². The molecule has 0 aromatic carbocycles. The molecule has 0 saturated heterocycles. The third-order valence-corrected chi connectivity index (χ3v) is 3.50. The van der Waals surface area contributed by atoms with Gasteiger partial charge in [-0.1, -0.05) is 0 Å². The average molecular weight is 259 g/mol. The van der Waals surface area contributed by atoms with Crippen LogP contribution in [0.4, 0.5) is 0 Å². The summed E-state index contributed by atoms with van der Waals surface area (Å²) in [5.41, 5.74) is 2.08. The highest BCUT2D eigenvalue weighted by atomic mass is 16.4. The third kappa shape index (κ3) is 1.78. The summed E-state index contributed by atoms with van der Waals surface area (Å²) in [6.07, 6.45) is 2.06. The number of carbonyl (C=O) groups is 2. The van der Waals surface area contributed by atoms with Crippen molar-refractivity contribution < 1.29 is 19.1 Å². The van der Waals surface area contributed by atoms with Crippen LogP contribution >= 0.6 is 0 Å². The molecule has 0 saturated carbocycles. The van der Waals surface area contributed by atoms with Gasteiger partial charge in [-0.25, -0.2) is 0 Å². The summed E-state index contributed by atoms with van der Waals surface area (Å²) < 4.78 is 6.98. The zero-order valence-electron chi connectivity index (χ0n) is 10.4. The minimum absolute atomic E-state index is 0.203. The van der Waals surface area contributed by atoms with Gasteiger partial charge in [-0.2, -0.15) is 0 Å². The van der Waals surface area contributed by atoms with Crippen molar-refractivity contribution in [3.8, 4) is 0 Å². The Kier molecular flexibility index (Phi) is 2.55. The first kappa shape index (κ1) is 11.8. The molecule has 0 bridgehead atoms. The fraction of sp³-hybridized carbons (Fsp3) is 0.286. The molecule has 0 spiro atoms. The van der Waals surface area contributed by atoms with Gasteiger partial charge in [-0.3, -0.25) is 9.59 Å². The van der Waals surface area contributed by atoms with Gasteiger partial charge in [-0.15, -0.1) is 0 Å². The Morgan fingerprint density at radius 3 is 2.84 bits per heavy atom. The molecule has 0 fully saturated rings. The average Bonchev–Trinajstić information content (AvgIpc) is 3.01. The van der Waals surface area contributed by atoms with E-state index in [2.05, 4.69) is 0 Å². The van der Waals surface area contributed by atoms with Gasteiger partial charge < -0.3 is 14.1 Å². The fourth-order valence-electron chi connectivity index (χ4n) is 2.57. The van der Waals surface area contributed by atoms with Crippen LogP contribution in [0.3, 0.4) is 0 Å². The summed E-state index contributed by atoms with van der Waals surface area (Å²) in [7, 11) is 0. The molecule has 3 heterocycles. The Labute approximate surface area is 109 Å². The van der Waals surface area contributed by atoms with Crippen molar-refractivity contribution in [3.05, 3.63) is 47.2 Å². The van der Waals surface area contributed by atoms with Crippen molar-refractivity contribution in [2.45, 2.75) is 25.8 Å². The fourth-order valence-corrected chi connectivity index (χ4v) is 2.57. The largest absolute Gasteiger partial charge is 0.481 e. The number of fused-ring (bicyclic) bond motifs is 1. The van der Waals surface area contributed by atoms with E-state index in [9.17, 15) is 9.59 Å². The van der Waals surface area contributed by atoms with Crippen LogP contribution in [-0.4, -0.2) is 21.4 Å². The summed E-state index contributed by atoms with van der Waals surface area (Å²) in [6.45, 7) is 2.41. The maximum absolute atomic E-state index is 12.3. The first-order valence-electron chi connectivity index (χ1n) is 6.10. The summed E-state index contributed by atoms with van der Waals surface area (Å²) in [4.78, 5) is 23.4. The van der Waals surface area contributed by atoms with Crippen LogP contribution < -0.4 is 0 Å². The van der Waals surface area contributed by atoms with Crippen LogP contribution in [0.1, 0.15) is 39.8 Å². The lowest BCUT2D eigenvalue weighted by atomic mass is 10.1. The lowest BCUT2D eigenvalue weighted by Crippen LogP contribution is -2.09. The Bertz CT molecular complexity index is 665. The van der Waals surface area contributed by atoms with E-state index < -0.39 is 11.9 Å². The lowest BCUT2D eigenvalue weighted by Gasteiger charge is -2.03. The summed E-state index contributed by atoms with van der Waals surface area (Å²) >= 11 is 0. The summed E-state index contributed by atoms with van der Waals surface area (Å²) in [5.74, 6) is -1.27. The molecular formula is C14H13NO4. The normalized spacial score (nSPS) is 17.4. The molecule has 1 aliphatic heterocycles. The SMILES string of the molecule is Cc1coc(C(=O)c2ccc3n2CCC3C(=O)O)c1. The van der Waals surface area contributed by atoms with Gasteiger partial charge in [0.25, 0.3) is 0 Å². The quantitative estimate of drug-likeness (QED) is 0.857. The summed E-state index contributed by atoms with van der Waals surface area (Å²) in [6, 6.07) is 5.07. The number of nitrogens with zero attached hydrogens (tertiary/aromatic N) is 1. The van der Waals surface area contributed by atoms with E-state index in [0.29, 0.717) is 24.4 Å². The minimum Gasteiger partial charge on any atom is -0.481 e. The van der Waals surface area contributed by atoms with Gasteiger partial charge in [0.15, 0.2) is 5.76 Å². The molecule has 3 rings (SSSR count). The standard InChI is InChI=1S/C14H13NO4/c1-8-6-12(19-7-8)13(16)11-3-2-10-9(14(17)18)4-5-15(10)11/h2-3,6-7,9H,4-5H2,1H3,(H,17,18). The van der Waals surface area contributed by atoms with Gasteiger partial charge in [-0.05, 0) is 37.1 Å². The maximum Gasteiger partial charge on any atom is 0.312 e. The van der Waals surface area contributed by atoms with Crippen LogP contribution in [0.5, 0.6) is 0 Å². The third-order valence-electron chi connectivity index (χ3n) is 3.50. The highest BCUT2D eigenvalue weighted by Gasteiger charge is 2.32. The Balaban J connectivity index is 1.98. The number of aryl methyl sites for hydroxylation is 1. The molecule has 5 nitrogen and oxygen atoms in total. The predicted molar refractivity (Wildman–Crippen MR) is 66.3 cm³/mol. The Hall–Kier alpha value is -2.30. The van der Waals surface area contributed by atoms with E-state index >= 15 is 0 Å². The molecule has 98 valence electrons. The van der Waals surface area contributed by atoms with Gasteiger partial charge in [0.05, 0.1) is 17.9 Å². The lowest BCUT2D eigenvalue weighted by molar-refractivity contribution is -0.138. The van der Waals surface area contributed by atoms with Crippen LogP contribution in [0.15, 0.2) is 28.9 Å². The highest BCUT2D eigenvalue weighted by Crippen LogP contribution is 2.31. The zero-order chi connectivity index (χ0) is 13.6. The zero-order valence-corrected chi connectivity index (χ0v) is 10.4. The monoisotopic (exact) mass is 259 g/mol. The van der Waals surface area contributed by atoms with Crippen LogP contribution in [-0.2, 0) is 11.3 Å². The van der Waals surface area contributed by atoms with E-state index in [0.717, 1.165) is 5.56 Å². The smallest absolute Gasteiger partial charge is 0.312 e. The number of aromatic nitrogens is 1. The Morgan fingerprint density at radius 2 is 2.21 bits per heavy atom. The second kappa shape index (κ2) is 4.12. The number of aliphatic carboxylic acids is 1. The highest BCUT2D eigenvalue weighted by molar-refractivity contribution is 6.06.